The van der Waals surface area contributed by atoms with E-state index >= 15 is 0 Å². The van der Waals surface area contributed by atoms with Crippen molar-refractivity contribution in [2.24, 2.45) is 0 Å². The quantitative estimate of drug-likeness (QED) is 0.851. The van der Waals surface area contributed by atoms with E-state index in [0.29, 0.717) is 18.5 Å². The van der Waals surface area contributed by atoms with E-state index in [0.717, 1.165) is 26.1 Å². The summed E-state index contributed by atoms with van der Waals surface area (Å²) < 4.78 is 0. The summed E-state index contributed by atoms with van der Waals surface area (Å²) in [7, 11) is 0. The normalized spacial score (nSPS) is 21.2. The lowest BCUT2D eigenvalue weighted by Crippen LogP contribution is -2.39. The maximum atomic E-state index is 8.79. The van der Waals surface area contributed by atoms with Gasteiger partial charge in [-0.1, -0.05) is 37.3 Å². The van der Waals surface area contributed by atoms with Crippen LogP contribution >= 0.6 is 0 Å². The number of nitrogens with one attached hydrogen (secondary N) is 1. The van der Waals surface area contributed by atoms with Crippen molar-refractivity contribution in [3.63, 3.8) is 0 Å². The maximum absolute atomic E-state index is 8.79. The van der Waals surface area contributed by atoms with Crippen LogP contribution < -0.4 is 5.32 Å². The van der Waals surface area contributed by atoms with Crippen molar-refractivity contribution in [1.82, 2.24) is 10.2 Å². The van der Waals surface area contributed by atoms with Gasteiger partial charge in [-0.3, -0.25) is 4.90 Å². The molecule has 2 rings (SSSR count). The summed E-state index contributed by atoms with van der Waals surface area (Å²) in [6.07, 6.45) is 2.84. The van der Waals surface area contributed by atoms with Gasteiger partial charge in [0.05, 0.1) is 12.5 Å². The summed E-state index contributed by atoms with van der Waals surface area (Å²) >= 11 is 0. The van der Waals surface area contributed by atoms with Gasteiger partial charge in [0.15, 0.2) is 0 Å². The first-order valence-electron chi connectivity index (χ1n) is 7.21. The van der Waals surface area contributed by atoms with E-state index in [1.165, 1.54) is 12.0 Å². The van der Waals surface area contributed by atoms with Crippen molar-refractivity contribution in [2.45, 2.75) is 44.8 Å². The highest BCUT2D eigenvalue weighted by Crippen LogP contribution is 2.14. The highest BCUT2D eigenvalue weighted by Gasteiger charge is 2.23. The van der Waals surface area contributed by atoms with Crippen molar-refractivity contribution >= 4 is 0 Å². The summed E-state index contributed by atoms with van der Waals surface area (Å²) in [5.41, 5.74) is 1.38. The lowest BCUT2D eigenvalue weighted by molar-refractivity contribution is 0.313. The van der Waals surface area contributed by atoms with Crippen molar-refractivity contribution in [3.05, 3.63) is 35.9 Å². The fraction of sp³-hybridized carbons (Fsp3) is 0.562. The molecule has 0 saturated carbocycles. The lowest BCUT2D eigenvalue weighted by atomic mass is 10.1. The molecule has 1 saturated heterocycles. The second-order valence-electron chi connectivity index (χ2n) is 5.34. The number of hydrogen-bond donors (Lipinski definition) is 1. The summed E-state index contributed by atoms with van der Waals surface area (Å²) in [4.78, 5) is 2.49. The Morgan fingerprint density at radius 3 is 2.89 bits per heavy atom. The zero-order valence-electron chi connectivity index (χ0n) is 11.7. The Kier molecular flexibility index (Phi) is 5.38. The Hall–Kier alpha value is -1.37. The van der Waals surface area contributed by atoms with Crippen LogP contribution in [0.4, 0.5) is 0 Å². The molecule has 19 heavy (non-hydrogen) atoms. The topological polar surface area (TPSA) is 39.1 Å². The van der Waals surface area contributed by atoms with E-state index in [1.807, 2.05) is 0 Å². The van der Waals surface area contributed by atoms with Crippen LogP contribution in [0.1, 0.15) is 31.7 Å². The average molecular weight is 257 g/mol. The van der Waals surface area contributed by atoms with Crippen molar-refractivity contribution in [2.75, 3.05) is 13.1 Å². The van der Waals surface area contributed by atoms with E-state index in [4.69, 9.17) is 5.26 Å². The molecule has 0 spiro atoms. The first-order valence-corrected chi connectivity index (χ1v) is 7.21. The number of nitrogens with zero attached hydrogens (tertiary/aromatic N) is 2. The van der Waals surface area contributed by atoms with Gasteiger partial charge in [0, 0.05) is 31.7 Å². The molecule has 1 aromatic rings. The predicted molar refractivity (Wildman–Crippen MR) is 77.6 cm³/mol. The Bertz CT molecular complexity index is 410. The molecule has 1 N–H and O–H groups in total. The van der Waals surface area contributed by atoms with Gasteiger partial charge >= 0.3 is 0 Å². The molecule has 0 bridgehead atoms. The smallest absolute Gasteiger partial charge is 0.0638 e. The third kappa shape index (κ3) is 4.34. The number of likely N-dealkylation sites (tertiary alicyclic amines) is 1. The van der Waals surface area contributed by atoms with Gasteiger partial charge in [0.1, 0.15) is 0 Å². The summed E-state index contributed by atoms with van der Waals surface area (Å²) in [6, 6.07) is 13.8. The van der Waals surface area contributed by atoms with E-state index < -0.39 is 0 Å². The van der Waals surface area contributed by atoms with Crippen LogP contribution in [0.25, 0.3) is 0 Å². The second-order valence-corrected chi connectivity index (χ2v) is 5.34. The molecule has 1 aromatic carbocycles. The van der Waals surface area contributed by atoms with Crippen LogP contribution in [0.5, 0.6) is 0 Å². The first-order chi connectivity index (χ1) is 9.31. The predicted octanol–water partition coefficient (Wildman–Crippen LogP) is 2.54. The molecule has 3 heteroatoms. The third-order valence-corrected chi connectivity index (χ3v) is 3.82. The van der Waals surface area contributed by atoms with Gasteiger partial charge in [0.2, 0.25) is 0 Å². The fourth-order valence-corrected chi connectivity index (χ4v) is 2.72. The van der Waals surface area contributed by atoms with Crippen LogP contribution in [0, 0.1) is 11.3 Å². The SMILES string of the molecule is CCC(CC#N)NC1CCN(Cc2ccccc2)C1. The number of rotatable bonds is 6. The molecule has 0 amide bonds. The molecule has 1 aliphatic rings. The first kappa shape index (κ1) is 14.0. The van der Waals surface area contributed by atoms with Gasteiger partial charge in [-0.15, -0.1) is 0 Å². The average Bonchev–Trinajstić information content (AvgIpc) is 2.86. The van der Waals surface area contributed by atoms with E-state index in [1.54, 1.807) is 0 Å². The number of benzene rings is 1. The largest absolute Gasteiger partial charge is 0.309 e. The zero-order chi connectivity index (χ0) is 13.5. The Labute approximate surface area is 116 Å². The minimum Gasteiger partial charge on any atom is -0.309 e. The molecular weight excluding hydrogens is 234 g/mol. The molecule has 102 valence electrons. The molecule has 2 atom stereocenters. The second kappa shape index (κ2) is 7.28. The standard InChI is InChI=1S/C16H23N3/c1-2-15(8-10-17)18-16-9-11-19(13-16)12-14-6-4-3-5-7-14/h3-7,15-16,18H,2,8-9,11-13H2,1H3. The van der Waals surface area contributed by atoms with E-state index in [-0.39, 0.29) is 0 Å². The molecule has 1 fully saturated rings. The van der Waals surface area contributed by atoms with Crippen LogP contribution in [-0.4, -0.2) is 30.1 Å². The highest BCUT2D eigenvalue weighted by molar-refractivity contribution is 5.14. The van der Waals surface area contributed by atoms with Gasteiger partial charge in [-0.25, -0.2) is 0 Å². The minimum atomic E-state index is 0.353. The molecule has 3 nitrogen and oxygen atoms in total. The van der Waals surface area contributed by atoms with Gasteiger partial charge in [-0.2, -0.15) is 5.26 Å². The summed E-state index contributed by atoms with van der Waals surface area (Å²) in [5, 5.41) is 12.4. The van der Waals surface area contributed by atoms with Crippen LogP contribution in [0.15, 0.2) is 30.3 Å². The van der Waals surface area contributed by atoms with Gasteiger partial charge in [-0.05, 0) is 18.4 Å². The van der Waals surface area contributed by atoms with Crippen LogP contribution in [0.2, 0.25) is 0 Å². The molecule has 0 aromatic heterocycles. The fourth-order valence-electron chi connectivity index (χ4n) is 2.72. The Morgan fingerprint density at radius 2 is 2.21 bits per heavy atom. The number of hydrogen-bond acceptors (Lipinski definition) is 3. The monoisotopic (exact) mass is 257 g/mol. The van der Waals surface area contributed by atoms with Gasteiger partial charge in [0.25, 0.3) is 0 Å². The lowest BCUT2D eigenvalue weighted by Gasteiger charge is -2.20. The van der Waals surface area contributed by atoms with Crippen molar-refractivity contribution in [3.8, 4) is 6.07 Å². The van der Waals surface area contributed by atoms with E-state index in [2.05, 4.69) is 53.5 Å². The summed E-state index contributed by atoms with van der Waals surface area (Å²) in [6.45, 7) is 5.42. The van der Waals surface area contributed by atoms with Crippen molar-refractivity contribution < 1.29 is 0 Å². The minimum absolute atomic E-state index is 0.353. The molecule has 0 aliphatic carbocycles. The van der Waals surface area contributed by atoms with Crippen LogP contribution in [0.3, 0.4) is 0 Å². The highest BCUT2D eigenvalue weighted by atomic mass is 15.2. The molecule has 1 heterocycles. The molecule has 1 aliphatic heterocycles. The third-order valence-electron chi connectivity index (χ3n) is 3.82. The molecular formula is C16H23N3. The Morgan fingerprint density at radius 1 is 1.42 bits per heavy atom. The molecule has 2 unspecified atom stereocenters. The zero-order valence-corrected chi connectivity index (χ0v) is 11.7. The van der Waals surface area contributed by atoms with E-state index in [9.17, 15) is 0 Å². The van der Waals surface area contributed by atoms with Gasteiger partial charge < -0.3 is 5.32 Å². The molecule has 0 radical (unpaired) electrons. The summed E-state index contributed by atoms with van der Waals surface area (Å²) in [5.74, 6) is 0. The Balaban J connectivity index is 1.78. The van der Waals surface area contributed by atoms with Crippen LogP contribution in [-0.2, 0) is 6.54 Å². The van der Waals surface area contributed by atoms with Crippen molar-refractivity contribution in [1.29, 1.82) is 5.26 Å². The maximum Gasteiger partial charge on any atom is 0.0638 e. The number of nitriles is 1.